The van der Waals surface area contributed by atoms with Crippen molar-refractivity contribution >= 4 is 92.5 Å². The van der Waals surface area contributed by atoms with Crippen LogP contribution in [0.15, 0.2) is 0 Å². The van der Waals surface area contributed by atoms with Crippen LogP contribution in [0.2, 0.25) is 0 Å². The van der Waals surface area contributed by atoms with Crippen LogP contribution in [-0.4, -0.2) is 99.9 Å². The molecule has 0 rings (SSSR count). The molecule has 0 aromatic carbocycles. The SMILES string of the molecule is O=S([O-])S(=O)(=O)[O-].O=S([O-])S(=O)(=O)[O-].O=S([O-])S(=O)(=O)[O-].[Al+3].[Al+3]. The molecule has 23 heteroatoms. The third-order valence-electron chi connectivity index (χ3n) is 0.500. The second-order valence-corrected chi connectivity index (χ2v) is 11.6. The van der Waals surface area contributed by atoms with E-state index >= 15 is 0 Å². The zero-order valence-corrected chi connectivity index (χ0v) is 16.9. The van der Waals surface area contributed by atoms with Crippen LogP contribution in [0.1, 0.15) is 0 Å². The summed E-state index contributed by atoms with van der Waals surface area (Å²) in [5, 5.41) is 0. The maximum absolute atomic E-state index is 9.16. The van der Waals surface area contributed by atoms with Gasteiger partial charge in [0.05, 0.1) is 30.3 Å². The maximum atomic E-state index is 9.16. The number of rotatable bonds is 3. The van der Waals surface area contributed by atoms with Crippen molar-refractivity contribution in [3.8, 4) is 0 Å². The Bertz CT molecular complexity index is 591. The summed E-state index contributed by atoms with van der Waals surface area (Å²) in [6.07, 6.45) is 0. The minimum atomic E-state index is -5.07. The molecule has 0 saturated heterocycles. The first-order chi connectivity index (χ1) is 8.83. The van der Waals surface area contributed by atoms with Crippen molar-refractivity contribution in [1.29, 1.82) is 0 Å². The standard InChI is InChI=1S/2Al.3H2O5S2/c;;3*1-6(2)7(3,4)5/h;;3*(H,1,2)(H,3,4,5)/q2*+3;;;/p-6. The van der Waals surface area contributed by atoms with Gasteiger partial charge in [-0.3, -0.25) is 12.6 Å². The number of hydrogen-bond acceptors (Lipinski definition) is 15. The summed E-state index contributed by atoms with van der Waals surface area (Å²) in [5.41, 5.74) is 0. The van der Waals surface area contributed by atoms with Crippen molar-refractivity contribution in [1.82, 2.24) is 0 Å². The molecule has 0 aliphatic heterocycles. The van der Waals surface area contributed by atoms with Gasteiger partial charge in [0.2, 0.25) is 0 Å². The van der Waals surface area contributed by atoms with Crippen LogP contribution >= 0.6 is 0 Å². The molecule has 0 aliphatic carbocycles. The summed E-state index contributed by atoms with van der Waals surface area (Å²) in [4.78, 5) is 0. The van der Waals surface area contributed by atoms with Gasteiger partial charge in [0, 0.05) is 0 Å². The van der Waals surface area contributed by atoms with E-state index in [0.29, 0.717) is 0 Å². The van der Waals surface area contributed by atoms with Gasteiger partial charge in [0.15, 0.2) is 27.5 Å². The molecule has 0 amide bonds. The average Bonchev–Trinajstić information content (AvgIpc) is 2.14. The fourth-order valence-electron chi connectivity index (χ4n) is 0. The zero-order chi connectivity index (χ0) is 18.2. The second kappa shape index (κ2) is 14.3. The van der Waals surface area contributed by atoms with E-state index < -0.39 is 57.8 Å². The Balaban J connectivity index is -0.0000000675. The first kappa shape index (κ1) is 35.3. The van der Waals surface area contributed by atoms with Gasteiger partial charge in [-0.05, 0) is 0 Å². The van der Waals surface area contributed by atoms with Crippen LogP contribution in [0.25, 0.3) is 0 Å². The van der Waals surface area contributed by atoms with Gasteiger partial charge in [-0.1, -0.05) is 0 Å². The third kappa shape index (κ3) is 28.2. The van der Waals surface area contributed by atoms with E-state index in [-0.39, 0.29) is 34.7 Å². The van der Waals surface area contributed by atoms with Gasteiger partial charge >= 0.3 is 34.7 Å². The van der Waals surface area contributed by atoms with Gasteiger partial charge in [0.1, 0.15) is 0 Å². The van der Waals surface area contributed by atoms with Crippen molar-refractivity contribution in [2.45, 2.75) is 0 Å². The molecule has 0 aromatic rings. The van der Waals surface area contributed by atoms with E-state index in [1.54, 1.807) is 0 Å². The predicted molar refractivity (Wildman–Crippen MR) is 67.4 cm³/mol. The Morgan fingerprint density at radius 3 is 0.522 bits per heavy atom. The van der Waals surface area contributed by atoms with E-state index in [1.165, 1.54) is 0 Å². The topological polar surface area (TPSA) is 292 Å². The summed E-state index contributed by atoms with van der Waals surface area (Å²) >= 11 is 0. The Labute approximate surface area is 156 Å². The largest absolute Gasteiger partial charge is 3.00 e. The summed E-state index contributed by atoms with van der Waals surface area (Å²) < 4.78 is 137. The molecule has 0 fully saturated rings. The molecule has 0 N–H and O–H groups in total. The molecule has 3 unspecified atom stereocenters. The van der Waals surface area contributed by atoms with Crippen molar-refractivity contribution in [3.63, 3.8) is 0 Å². The third-order valence-corrected chi connectivity index (χ3v) is 4.50. The van der Waals surface area contributed by atoms with Crippen LogP contribution in [-0.2, 0) is 57.8 Å². The Kier molecular flexibility index (Phi) is 21.9. The minimum absolute atomic E-state index is 0. The molecule has 23 heavy (non-hydrogen) atoms. The molecule has 0 aliphatic rings. The van der Waals surface area contributed by atoms with Crippen molar-refractivity contribution in [2.75, 3.05) is 0 Å². The Morgan fingerprint density at radius 2 is 0.522 bits per heavy atom. The van der Waals surface area contributed by atoms with Gasteiger partial charge < -0.3 is 27.3 Å². The zero-order valence-electron chi connectivity index (χ0n) is 9.73. The van der Waals surface area contributed by atoms with Gasteiger partial charge in [-0.25, -0.2) is 25.3 Å². The fraction of sp³-hybridized carbons (Fsp3) is 0. The van der Waals surface area contributed by atoms with Crippen LogP contribution in [0, 0.1) is 0 Å². The molecule has 0 spiro atoms. The number of hydrogen-bond donors (Lipinski definition) is 0. The van der Waals surface area contributed by atoms with Gasteiger partial charge in [0.25, 0.3) is 0 Å². The van der Waals surface area contributed by atoms with Crippen LogP contribution in [0.5, 0.6) is 0 Å². The van der Waals surface area contributed by atoms with E-state index in [4.69, 9.17) is 65.2 Å². The molecule has 15 nitrogen and oxygen atoms in total. The van der Waals surface area contributed by atoms with Crippen LogP contribution in [0.4, 0.5) is 0 Å². The van der Waals surface area contributed by atoms with E-state index in [0.717, 1.165) is 0 Å². The van der Waals surface area contributed by atoms with Crippen molar-refractivity contribution in [3.05, 3.63) is 0 Å². The molecule has 132 valence electrons. The normalized spacial score (nSPS) is 14.9. The molecule has 0 heterocycles. The van der Waals surface area contributed by atoms with Crippen LogP contribution in [0.3, 0.4) is 0 Å². The van der Waals surface area contributed by atoms with E-state index in [2.05, 4.69) is 0 Å². The summed E-state index contributed by atoms with van der Waals surface area (Å²) in [5.74, 6) is 0. The predicted octanol–water partition coefficient (Wildman–Crippen LogP) is -5.78. The molecule has 0 bridgehead atoms. The molecular formula is Al2O15S6. The second-order valence-electron chi connectivity index (χ2n) is 1.84. The maximum Gasteiger partial charge on any atom is 3.00 e. The molecule has 3 atom stereocenters. The minimum Gasteiger partial charge on any atom is -0.761 e. The van der Waals surface area contributed by atoms with Crippen molar-refractivity contribution < 1.29 is 65.2 Å². The van der Waals surface area contributed by atoms with Gasteiger partial charge in [-0.2, -0.15) is 0 Å². The average molecular weight is 486 g/mol. The Morgan fingerprint density at radius 1 is 0.478 bits per heavy atom. The molecule has 0 saturated carbocycles. The van der Waals surface area contributed by atoms with Gasteiger partial charge in [-0.15, -0.1) is 0 Å². The van der Waals surface area contributed by atoms with E-state index in [9.17, 15) is 0 Å². The van der Waals surface area contributed by atoms with Crippen molar-refractivity contribution in [2.24, 2.45) is 0 Å². The van der Waals surface area contributed by atoms with Crippen LogP contribution < -0.4 is 0 Å². The summed E-state index contributed by atoms with van der Waals surface area (Å²) in [6.45, 7) is 0. The Hall–Kier alpha value is 1.12. The molecule has 0 aromatic heterocycles. The smallest absolute Gasteiger partial charge is 0.761 e. The summed E-state index contributed by atoms with van der Waals surface area (Å²) in [7, 11) is -25.8. The fourth-order valence-corrected chi connectivity index (χ4v) is 0. The monoisotopic (exact) mass is 486 g/mol. The van der Waals surface area contributed by atoms with E-state index in [1.807, 2.05) is 0 Å². The quantitative estimate of drug-likeness (QED) is 0.155. The molecular weight excluding hydrogens is 486 g/mol. The first-order valence-electron chi connectivity index (χ1n) is 3.00. The molecule has 0 radical (unpaired) electrons. The first-order valence-corrected chi connectivity index (χ1v) is 12.0. The summed E-state index contributed by atoms with van der Waals surface area (Å²) in [6, 6.07) is 0.